The van der Waals surface area contributed by atoms with Crippen LogP contribution in [0.25, 0.3) is 0 Å². The fourth-order valence-corrected chi connectivity index (χ4v) is 3.59. The minimum absolute atomic E-state index is 0.0119. The molecule has 1 aliphatic rings. The Bertz CT molecular complexity index is 619. The minimum Gasteiger partial charge on any atom is -0.336 e. The maximum absolute atomic E-state index is 12.3. The van der Waals surface area contributed by atoms with Gasteiger partial charge in [0.15, 0.2) is 0 Å². The van der Waals surface area contributed by atoms with Gasteiger partial charge in [-0.3, -0.25) is 4.79 Å². The molecule has 1 fully saturated rings. The van der Waals surface area contributed by atoms with Crippen LogP contribution in [0.4, 0.5) is 10.5 Å². The van der Waals surface area contributed by atoms with Crippen LogP contribution in [-0.2, 0) is 4.79 Å². The highest BCUT2D eigenvalue weighted by Gasteiger charge is 2.31. The Morgan fingerprint density at radius 1 is 1.30 bits per heavy atom. The van der Waals surface area contributed by atoms with E-state index in [0.29, 0.717) is 18.0 Å². The zero-order valence-electron chi connectivity index (χ0n) is 16.6. The van der Waals surface area contributed by atoms with Crippen molar-refractivity contribution < 1.29 is 14.5 Å². The van der Waals surface area contributed by atoms with Gasteiger partial charge in [-0.25, -0.2) is 4.79 Å². The number of nitrogens with zero attached hydrogens (tertiary/aromatic N) is 1. The van der Waals surface area contributed by atoms with Crippen molar-refractivity contribution in [2.24, 2.45) is 0 Å². The van der Waals surface area contributed by atoms with Crippen molar-refractivity contribution in [3.8, 4) is 0 Å². The largest absolute Gasteiger partial charge is 0.336 e. The standard InChI is InChI=1S/C20H31ClN4O2/c1-4-24(5-2)12-6-7-15(3)22-20(27)23-17-13-19(26)25(14-17)18-10-8-16(21)9-11-18/h8-11,15,17H,4-7,12-14H2,1-3H3,(H2,22,23,27)/p+1/t15-,17+/m1/s1. The number of carbonyl (C=O) groups is 2. The summed E-state index contributed by atoms with van der Waals surface area (Å²) in [4.78, 5) is 27.8. The Hall–Kier alpha value is -1.79. The summed E-state index contributed by atoms with van der Waals surface area (Å²) in [5.41, 5.74) is 0.807. The molecule has 0 spiro atoms. The first-order chi connectivity index (χ1) is 12.9. The lowest BCUT2D eigenvalue weighted by Crippen LogP contribution is -3.11. The molecule has 0 saturated carbocycles. The van der Waals surface area contributed by atoms with Gasteiger partial charge in [-0.1, -0.05) is 11.6 Å². The van der Waals surface area contributed by atoms with Crippen molar-refractivity contribution in [1.82, 2.24) is 10.6 Å². The third-order valence-electron chi connectivity index (χ3n) is 5.14. The summed E-state index contributed by atoms with van der Waals surface area (Å²) in [6.45, 7) is 10.3. The number of hydrogen-bond donors (Lipinski definition) is 3. The van der Waals surface area contributed by atoms with Crippen LogP contribution < -0.4 is 20.4 Å². The van der Waals surface area contributed by atoms with Gasteiger partial charge in [0.25, 0.3) is 0 Å². The number of urea groups is 1. The number of amides is 3. The zero-order chi connectivity index (χ0) is 19.8. The molecule has 0 aliphatic carbocycles. The normalized spacial score (nSPS) is 18.0. The Balaban J connectivity index is 1.74. The monoisotopic (exact) mass is 395 g/mol. The summed E-state index contributed by atoms with van der Waals surface area (Å²) in [7, 11) is 0. The second-order valence-corrected chi connectivity index (χ2v) is 7.69. The van der Waals surface area contributed by atoms with Crippen LogP contribution in [0.2, 0.25) is 5.02 Å². The smallest absolute Gasteiger partial charge is 0.315 e. The van der Waals surface area contributed by atoms with Crippen LogP contribution in [0.15, 0.2) is 24.3 Å². The van der Waals surface area contributed by atoms with Crippen molar-refractivity contribution in [2.75, 3.05) is 31.1 Å². The number of nitrogens with one attached hydrogen (secondary N) is 3. The van der Waals surface area contributed by atoms with Gasteiger partial charge in [0.1, 0.15) is 0 Å². The number of hydrogen-bond acceptors (Lipinski definition) is 2. The van der Waals surface area contributed by atoms with E-state index in [1.165, 1.54) is 0 Å². The van der Waals surface area contributed by atoms with Gasteiger partial charge >= 0.3 is 6.03 Å². The molecule has 150 valence electrons. The lowest BCUT2D eigenvalue weighted by molar-refractivity contribution is -0.896. The second kappa shape index (κ2) is 10.5. The zero-order valence-corrected chi connectivity index (χ0v) is 17.3. The molecule has 3 amide bonds. The lowest BCUT2D eigenvalue weighted by Gasteiger charge is -2.20. The number of benzene rings is 1. The number of rotatable bonds is 9. The van der Waals surface area contributed by atoms with Crippen LogP contribution in [-0.4, -0.2) is 50.2 Å². The third-order valence-corrected chi connectivity index (χ3v) is 5.40. The SMILES string of the molecule is CC[NH+](CC)CCC[C@@H](C)NC(=O)N[C@H]1CC(=O)N(c2ccc(Cl)cc2)C1. The average molecular weight is 396 g/mol. The van der Waals surface area contributed by atoms with Crippen molar-refractivity contribution in [3.63, 3.8) is 0 Å². The number of quaternary nitrogens is 1. The molecule has 0 bridgehead atoms. The van der Waals surface area contributed by atoms with E-state index in [4.69, 9.17) is 11.6 Å². The summed E-state index contributed by atoms with van der Waals surface area (Å²) < 4.78 is 0. The highest BCUT2D eigenvalue weighted by Crippen LogP contribution is 2.23. The van der Waals surface area contributed by atoms with E-state index < -0.39 is 0 Å². The molecule has 1 saturated heterocycles. The summed E-state index contributed by atoms with van der Waals surface area (Å²) in [6.07, 6.45) is 2.36. The number of carbonyl (C=O) groups excluding carboxylic acids is 2. The van der Waals surface area contributed by atoms with Gasteiger partial charge in [0.2, 0.25) is 5.91 Å². The summed E-state index contributed by atoms with van der Waals surface area (Å²) in [5, 5.41) is 6.55. The van der Waals surface area contributed by atoms with Crippen molar-refractivity contribution in [2.45, 2.75) is 52.1 Å². The van der Waals surface area contributed by atoms with Crippen LogP contribution in [0.1, 0.15) is 40.0 Å². The molecular weight excluding hydrogens is 364 g/mol. The molecule has 7 heteroatoms. The molecular formula is C20H32ClN4O2+. The third kappa shape index (κ3) is 6.70. The first-order valence-corrected chi connectivity index (χ1v) is 10.3. The van der Waals surface area contributed by atoms with E-state index in [-0.39, 0.29) is 24.0 Å². The highest BCUT2D eigenvalue weighted by atomic mass is 35.5. The van der Waals surface area contributed by atoms with Crippen molar-refractivity contribution >= 4 is 29.2 Å². The summed E-state index contributed by atoms with van der Waals surface area (Å²) in [5.74, 6) is 0.0119. The number of anilines is 1. The van der Waals surface area contributed by atoms with E-state index in [1.807, 2.05) is 19.1 Å². The molecule has 6 nitrogen and oxygen atoms in total. The molecule has 27 heavy (non-hydrogen) atoms. The van der Waals surface area contributed by atoms with Gasteiger partial charge in [-0.15, -0.1) is 0 Å². The molecule has 1 aromatic carbocycles. The molecule has 0 unspecified atom stereocenters. The van der Waals surface area contributed by atoms with Gasteiger partial charge in [0.05, 0.1) is 25.7 Å². The molecule has 0 aromatic heterocycles. The van der Waals surface area contributed by atoms with Gasteiger partial charge in [0, 0.05) is 29.7 Å². The number of halogens is 1. The van der Waals surface area contributed by atoms with E-state index in [1.54, 1.807) is 21.9 Å². The molecule has 2 atom stereocenters. The maximum Gasteiger partial charge on any atom is 0.315 e. The molecule has 1 aromatic rings. The average Bonchev–Trinajstić information content (AvgIpc) is 2.99. The van der Waals surface area contributed by atoms with Gasteiger partial charge < -0.3 is 20.4 Å². The fraction of sp³-hybridized carbons (Fsp3) is 0.600. The Morgan fingerprint density at radius 2 is 1.96 bits per heavy atom. The summed E-state index contributed by atoms with van der Waals surface area (Å²) in [6, 6.07) is 6.90. The first-order valence-electron chi connectivity index (χ1n) is 9.89. The van der Waals surface area contributed by atoms with E-state index in [9.17, 15) is 9.59 Å². The molecule has 3 N–H and O–H groups in total. The Morgan fingerprint density at radius 3 is 2.59 bits per heavy atom. The van der Waals surface area contributed by atoms with Gasteiger partial charge in [-0.2, -0.15) is 0 Å². The Kier molecular flexibility index (Phi) is 8.38. The maximum atomic E-state index is 12.3. The molecule has 1 aliphatic heterocycles. The lowest BCUT2D eigenvalue weighted by atomic mass is 10.2. The van der Waals surface area contributed by atoms with Crippen molar-refractivity contribution in [3.05, 3.63) is 29.3 Å². The quantitative estimate of drug-likeness (QED) is 0.597. The minimum atomic E-state index is -0.201. The van der Waals surface area contributed by atoms with E-state index in [2.05, 4.69) is 24.5 Å². The topological polar surface area (TPSA) is 65.9 Å². The van der Waals surface area contributed by atoms with Crippen LogP contribution >= 0.6 is 11.6 Å². The van der Waals surface area contributed by atoms with Crippen LogP contribution in [0.3, 0.4) is 0 Å². The second-order valence-electron chi connectivity index (χ2n) is 7.25. The first kappa shape index (κ1) is 21.5. The highest BCUT2D eigenvalue weighted by molar-refractivity contribution is 6.30. The Labute approximate surface area is 167 Å². The van der Waals surface area contributed by atoms with Crippen LogP contribution in [0, 0.1) is 0 Å². The summed E-state index contributed by atoms with van der Waals surface area (Å²) >= 11 is 5.90. The predicted octanol–water partition coefficient (Wildman–Crippen LogP) is 1.84. The molecule has 2 rings (SSSR count). The fourth-order valence-electron chi connectivity index (χ4n) is 3.46. The molecule has 0 radical (unpaired) electrons. The molecule has 1 heterocycles. The van der Waals surface area contributed by atoms with Crippen LogP contribution in [0.5, 0.6) is 0 Å². The van der Waals surface area contributed by atoms with Gasteiger partial charge in [-0.05, 0) is 57.9 Å². The predicted molar refractivity (Wildman–Crippen MR) is 109 cm³/mol. The van der Waals surface area contributed by atoms with E-state index >= 15 is 0 Å². The van der Waals surface area contributed by atoms with Crippen molar-refractivity contribution in [1.29, 1.82) is 0 Å². The van der Waals surface area contributed by atoms with E-state index in [0.717, 1.165) is 38.2 Å².